The lowest BCUT2D eigenvalue weighted by Gasteiger charge is -2.34. The van der Waals surface area contributed by atoms with Gasteiger partial charge in [-0.25, -0.2) is 0 Å². The predicted molar refractivity (Wildman–Crippen MR) is 112 cm³/mol. The lowest BCUT2D eigenvalue weighted by Crippen LogP contribution is -2.48. The summed E-state index contributed by atoms with van der Waals surface area (Å²) in [6.07, 6.45) is 4.31. The molecule has 0 unspecified atom stereocenters. The van der Waals surface area contributed by atoms with Crippen molar-refractivity contribution in [3.8, 4) is 0 Å². The maximum absolute atomic E-state index is 12.5. The molecule has 28 heavy (non-hydrogen) atoms. The number of hydrogen-bond donors (Lipinski definition) is 2. The van der Waals surface area contributed by atoms with Crippen molar-refractivity contribution in [2.45, 2.75) is 39.0 Å². The largest absolute Gasteiger partial charge is 0.340 e. The number of anilines is 1. The zero-order chi connectivity index (χ0) is 19.8. The van der Waals surface area contributed by atoms with Crippen LogP contribution in [-0.2, 0) is 16.0 Å². The quantitative estimate of drug-likeness (QED) is 0.753. The van der Waals surface area contributed by atoms with E-state index in [1.807, 2.05) is 29.2 Å². The molecule has 3 rings (SSSR count). The molecule has 0 aliphatic carbocycles. The number of hydrogen-bond acceptors (Lipinski definition) is 4. The summed E-state index contributed by atoms with van der Waals surface area (Å²) >= 11 is 0. The maximum Gasteiger partial charge on any atom is 0.227 e. The fourth-order valence-corrected chi connectivity index (χ4v) is 4.03. The van der Waals surface area contributed by atoms with Gasteiger partial charge in [0.25, 0.3) is 0 Å². The second-order valence-electron chi connectivity index (χ2n) is 7.97. The minimum Gasteiger partial charge on any atom is -0.340 e. The molecule has 2 N–H and O–H groups in total. The van der Waals surface area contributed by atoms with E-state index in [0.717, 1.165) is 63.5 Å². The van der Waals surface area contributed by atoms with Gasteiger partial charge < -0.3 is 20.4 Å². The Hall–Kier alpha value is -1.92. The van der Waals surface area contributed by atoms with Crippen LogP contribution in [-0.4, -0.2) is 67.4 Å². The van der Waals surface area contributed by atoms with Crippen molar-refractivity contribution in [3.05, 3.63) is 29.8 Å². The molecule has 0 aromatic heterocycles. The molecule has 1 aromatic rings. The number of piperidine rings is 1. The van der Waals surface area contributed by atoms with Crippen LogP contribution in [0.2, 0.25) is 0 Å². The van der Waals surface area contributed by atoms with E-state index >= 15 is 0 Å². The van der Waals surface area contributed by atoms with Gasteiger partial charge in [0.05, 0.1) is 6.42 Å². The predicted octanol–water partition coefficient (Wildman–Crippen LogP) is 2.11. The van der Waals surface area contributed by atoms with Crippen LogP contribution in [0.15, 0.2) is 24.3 Å². The molecule has 6 heteroatoms. The summed E-state index contributed by atoms with van der Waals surface area (Å²) in [6, 6.07) is 7.70. The maximum atomic E-state index is 12.5. The Morgan fingerprint density at radius 2 is 1.75 bits per heavy atom. The first-order valence-corrected chi connectivity index (χ1v) is 10.7. The van der Waals surface area contributed by atoms with Crippen LogP contribution in [0.4, 0.5) is 5.69 Å². The van der Waals surface area contributed by atoms with Crippen molar-refractivity contribution in [2.24, 2.45) is 5.92 Å². The molecule has 0 spiro atoms. The number of benzene rings is 1. The van der Waals surface area contributed by atoms with E-state index in [0.29, 0.717) is 18.8 Å². The van der Waals surface area contributed by atoms with Crippen LogP contribution in [0.3, 0.4) is 0 Å². The molecule has 2 heterocycles. The molecular formula is C22H34N4O2. The number of carbonyl (C=O) groups excluding carboxylic acids is 2. The molecule has 154 valence electrons. The third-order valence-electron chi connectivity index (χ3n) is 6.00. The number of amides is 2. The third kappa shape index (κ3) is 6.31. The number of likely N-dealkylation sites (N-methyl/N-ethyl adjacent to an activating group) is 1. The Labute approximate surface area is 168 Å². The highest BCUT2D eigenvalue weighted by Crippen LogP contribution is 2.18. The molecule has 2 aliphatic heterocycles. The topological polar surface area (TPSA) is 64.7 Å². The number of nitrogens with zero attached hydrogens (tertiary/aromatic N) is 2. The first kappa shape index (κ1) is 20.8. The summed E-state index contributed by atoms with van der Waals surface area (Å²) in [6.45, 7) is 8.91. The summed E-state index contributed by atoms with van der Waals surface area (Å²) in [5, 5.41) is 6.34. The summed E-state index contributed by atoms with van der Waals surface area (Å²) in [5.74, 6) is 0.935. The molecule has 0 atom stereocenters. The van der Waals surface area contributed by atoms with Crippen molar-refractivity contribution >= 4 is 17.5 Å². The fraction of sp³-hybridized carbons (Fsp3) is 0.636. The first-order valence-electron chi connectivity index (χ1n) is 10.7. The van der Waals surface area contributed by atoms with Crippen LogP contribution < -0.4 is 10.6 Å². The van der Waals surface area contributed by atoms with Crippen LogP contribution in [0.25, 0.3) is 0 Å². The molecule has 2 amide bonds. The molecule has 6 nitrogen and oxygen atoms in total. The number of carbonyl (C=O) groups is 2. The minimum absolute atomic E-state index is 0.0798. The van der Waals surface area contributed by atoms with E-state index in [1.54, 1.807) is 0 Å². The van der Waals surface area contributed by atoms with Gasteiger partial charge in [-0.15, -0.1) is 0 Å². The smallest absolute Gasteiger partial charge is 0.227 e. The fourth-order valence-electron chi connectivity index (χ4n) is 4.03. The zero-order valence-corrected chi connectivity index (χ0v) is 17.1. The van der Waals surface area contributed by atoms with E-state index in [-0.39, 0.29) is 11.8 Å². The lowest BCUT2D eigenvalue weighted by atomic mass is 9.93. The van der Waals surface area contributed by atoms with Crippen LogP contribution in [0.5, 0.6) is 0 Å². The highest BCUT2D eigenvalue weighted by molar-refractivity contribution is 5.90. The Bertz CT molecular complexity index is 632. The summed E-state index contributed by atoms with van der Waals surface area (Å²) in [7, 11) is 0. The number of nitrogens with one attached hydrogen (secondary N) is 2. The van der Waals surface area contributed by atoms with Crippen molar-refractivity contribution in [1.82, 2.24) is 15.1 Å². The Kier molecular flexibility index (Phi) is 7.86. The molecular weight excluding hydrogens is 352 g/mol. The van der Waals surface area contributed by atoms with Crippen molar-refractivity contribution in [1.29, 1.82) is 0 Å². The highest BCUT2D eigenvalue weighted by atomic mass is 16.2. The van der Waals surface area contributed by atoms with Crippen LogP contribution in [0, 0.1) is 5.92 Å². The average Bonchev–Trinajstić information content (AvgIpc) is 2.74. The van der Waals surface area contributed by atoms with E-state index in [2.05, 4.69) is 22.5 Å². The summed E-state index contributed by atoms with van der Waals surface area (Å²) < 4.78 is 0. The van der Waals surface area contributed by atoms with E-state index in [9.17, 15) is 9.59 Å². The van der Waals surface area contributed by atoms with Crippen molar-refractivity contribution in [3.63, 3.8) is 0 Å². The van der Waals surface area contributed by atoms with Crippen LogP contribution >= 0.6 is 0 Å². The summed E-state index contributed by atoms with van der Waals surface area (Å²) in [4.78, 5) is 29.0. The molecule has 2 saturated heterocycles. The number of piperazine rings is 1. The Morgan fingerprint density at radius 1 is 1.07 bits per heavy atom. The van der Waals surface area contributed by atoms with Gasteiger partial charge in [-0.1, -0.05) is 19.1 Å². The highest BCUT2D eigenvalue weighted by Gasteiger charge is 2.20. The second-order valence-corrected chi connectivity index (χ2v) is 7.97. The molecule has 0 bridgehead atoms. The Morgan fingerprint density at radius 3 is 2.39 bits per heavy atom. The monoisotopic (exact) mass is 386 g/mol. The first-order chi connectivity index (χ1) is 13.6. The van der Waals surface area contributed by atoms with Gasteiger partial charge in [0, 0.05) is 38.3 Å². The van der Waals surface area contributed by atoms with E-state index in [4.69, 9.17) is 0 Å². The SMILES string of the molecule is CCN1CCN(C(=O)Cc2ccc(NC(=O)CCC3CCNCC3)cc2)CC1. The molecule has 1 aromatic carbocycles. The zero-order valence-electron chi connectivity index (χ0n) is 17.1. The van der Waals surface area contributed by atoms with Gasteiger partial charge in [-0.3, -0.25) is 9.59 Å². The molecule has 0 radical (unpaired) electrons. The number of rotatable bonds is 7. The van der Waals surface area contributed by atoms with Gasteiger partial charge in [-0.05, 0) is 62.5 Å². The lowest BCUT2D eigenvalue weighted by molar-refractivity contribution is -0.132. The van der Waals surface area contributed by atoms with Gasteiger partial charge in [0.1, 0.15) is 0 Å². The van der Waals surface area contributed by atoms with Crippen LogP contribution in [0.1, 0.15) is 38.2 Å². The molecule has 2 fully saturated rings. The second kappa shape index (κ2) is 10.6. The van der Waals surface area contributed by atoms with Gasteiger partial charge >= 0.3 is 0 Å². The minimum atomic E-state index is 0.0798. The van der Waals surface area contributed by atoms with Gasteiger partial charge in [-0.2, -0.15) is 0 Å². The average molecular weight is 387 g/mol. The van der Waals surface area contributed by atoms with E-state index < -0.39 is 0 Å². The molecule has 0 saturated carbocycles. The van der Waals surface area contributed by atoms with E-state index in [1.165, 1.54) is 12.8 Å². The third-order valence-corrected chi connectivity index (χ3v) is 6.00. The Balaban J connectivity index is 1.40. The molecule has 2 aliphatic rings. The summed E-state index contributed by atoms with van der Waals surface area (Å²) in [5.41, 5.74) is 1.80. The van der Waals surface area contributed by atoms with Crippen molar-refractivity contribution in [2.75, 3.05) is 51.1 Å². The van der Waals surface area contributed by atoms with Gasteiger partial charge in [0.2, 0.25) is 11.8 Å². The standard InChI is InChI=1S/C22H34N4O2/c1-2-25-13-15-26(16-14-25)22(28)17-19-3-6-20(7-4-19)24-21(27)8-5-18-9-11-23-12-10-18/h3-4,6-7,18,23H,2,5,8-17H2,1H3,(H,24,27). The van der Waals surface area contributed by atoms with Gasteiger partial charge in [0.15, 0.2) is 0 Å². The van der Waals surface area contributed by atoms with Crippen molar-refractivity contribution < 1.29 is 9.59 Å². The normalized spacial score (nSPS) is 18.8.